The van der Waals surface area contributed by atoms with Gasteiger partial charge in [-0.3, -0.25) is 4.79 Å². The van der Waals surface area contributed by atoms with Crippen molar-refractivity contribution < 1.29 is 9.59 Å². The molecule has 0 saturated heterocycles. The summed E-state index contributed by atoms with van der Waals surface area (Å²) in [5.74, 6) is 0. The molecule has 0 heterocycles. The maximum absolute atomic E-state index is 9.86. The molecule has 3 amide bonds. The highest BCUT2D eigenvalue weighted by molar-refractivity contribution is 5.85. The lowest BCUT2D eigenvalue weighted by molar-refractivity contribution is -0.113. The summed E-state index contributed by atoms with van der Waals surface area (Å²) in [5, 5.41) is 7.84. The highest BCUT2D eigenvalue weighted by Crippen LogP contribution is 1.73. The number of hydrogen-bond acceptors (Lipinski definition) is 3. The predicted octanol–water partition coefficient (Wildman–Crippen LogP) is -0.995. The summed E-state index contributed by atoms with van der Waals surface area (Å²) in [6, 6.07) is -1.07. The van der Waals surface area contributed by atoms with Crippen molar-refractivity contribution in [3.63, 3.8) is 0 Å². The van der Waals surface area contributed by atoms with Crippen molar-refractivity contribution in [2.75, 3.05) is 0 Å². The molecule has 5 heteroatoms. The van der Waals surface area contributed by atoms with Crippen LogP contribution in [-0.2, 0) is 4.79 Å². The highest BCUT2D eigenvalue weighted by atomic mass is 16.2. The van der Waals surface area contributed by atoms with Crippen molar-refractivity contribution in [2.45, 2.75) is 0 Å². The van der Waals surface area contributed by atoms with E-state index >= 15 is 0 Å². The number of nitrogens with zero attached hydrogens (tertiary/aromatic N) is 2. The second-order valence-electron chi connectivity index (χ2n) is 0.914. The average Bonchev–Trinajstić information content (AvgIpc) is 1.69. The molecule has 0 bridgehead atoms. The molecule has 0 atom stereocenters. The first kappa shape index (κ1) is 6.43. The van der Waals surface area contributed by atoms with Crippen molar-refractivity contribution in [1.29, 1.82) is 5.26 Å². The number of amides is 3. The van der Waals surface area contributed by atoms with Crippen molar-refractivity contribution >= 4 is 12.4 Å². The fraction of sp³-hybridized carbons (Fsp3) is 0. The Morgan fingerprint density at radius 2 is 2.38 bits per heavy atom. The van der Waals surface area contributed by atoms with Gasteiger partial charge in [0.1, 0.15) is 0 Å². The SMILES string of the molecule is N#CN(C=O)C(N)=O. The number of nitrogens with two attached hydrogens (primary N) is 1. The summed E-state index contributed by atoms with van der Waals surface area (Å²) in [6.45, 7) is 0. The number of urea groups is 1. The van der Waals surface area contributed by atoms with Crippen LogP contribution >= 0.6 is 0 Å². The topological polar surface area (TPSA) is 87.2 Å². The van der Waals surface area contributed by atoms with E-state index in [-0.39, 0.29) is 11.3 Å². The van der Waals surface area contributed by atoms with Gasteiger partial charge in [0.2, 0.25) is 6.41 Å². The minimum atomic E-state index is -1.07. The second kappa shape index (κ2) is 2.58. The lowest BCUT2D eigenvalue weighted by atomic mass is 10.8. The van der Waals surface area contributed by atoms with Crippen LogP contribution in [0.1, 0.15) is 0 Å². The Bertz CT molecular complexity index is 147. The molecular weight excluding hydrogens is 110 g/mol. The molecule has 2 N–H and O–H groups in total. The predicted molar refractivity (Wildman–Crippen MR) is 23.1 cm³/mol. The number of primary amides is 1. The van der Waals surface area contributed by atoms with Crippen molar-refractivity contribution in [3.8, 4) is 6.19 Å². The van der Waals surface area contributed by atoms with E-state index < -0.39 is 6.03 Å². The summed E-state index contributed by atoms with van der Waals surface area (Å²) in [5.41, 5.74) is 4.49. The zero-order valence-corrected chi connectivity index (χ0v) is 3.87. The van der Waals surface area contributed by atoms with Gasteiger partial charge in [-0.15, -0.1) is 0 Å². The van der Waals surface area contributed by atoms with E-state index in [1.165, 1.54) is 6.19 Å². The molecule has 0 aromatic carbocycles. The van der Waals surface area contributed by atoms with Gasteiger partial charge < -0.3 is 5.73 Å². The van der Waals surface area contributed by atoms with Crippen LogP contribution in [0.2, 0.25) is 0 Å². The third-order valence-electron chi connectivity index (χ3n) is 0.451. The first-order valence-corrected chi connectivity index (χ1v) is 1.66. The molecule has 0 aliphatic rings. The molecule has 0 aliphatic heterocycles. The molecule has 0 saturated carbocycles. The molecule has 0 aromatic rings. The third kappa shape index (κ3) is 1.26. The first-order chi connectivity index (χ1) is 3.72. The van der Waals surface area contributed by atoms with Crippen molar-refractivity contribution in [2.24, 2.45) is 5.73 Å². The molecule has 0 unspecified atom stereocenters. The minimum Gasteiger partial charge on any atom is -0.350 e. The molecule has 5 nitrogen and oxygen atoms in total. The van der Waals surface area contributed by atoms with Gasteiger partial charge in [-0.05, 0) is 0 Å². The van der Waals surface area contributed by atoms with E-state index in [9.17, 15) is 9.59 Å². The summed E-state index contributed by atoms with van der Waals surface area (Å²) in [7, 11) is 0. The molecule has 0 fully saturated rings. The van der Waals surface area contributed by atoms with Crippen LogP contribution in [0.4, 0.5) is 4.79 Å². The molecular formula is C3H3N3O2. The van der Waals surface area contributed by atoms with Crippen LogP contribution in [0.15, 0.2) is 0 Å². The average molecular weight is 113 g/mol. The van der Waals surface area contributed by atoms with Gasteiger partial charge in [0.05, 0.1) is 0 Å². The highest BCUT2D eigenvalue weighted by Gasteiger charge is 2.02. The van der Waals surface area contributed by atoms with Crippen LogP contribution < -0.4 is 5.73 Å². The van der Waals surface area contributed by atoms with Gasteiger partial charge >= 0.3 is 6.03 Å². The van der Waals surface area contributed by atoms with Gasteiger partial charge in [-0.1, -0.05) is 0 Å². The summed E-state index contributed by atoms with van der Waals surface area (Å²) in [6.07, 6.45) is 1.29. The number of carbonyl (C=O) groups excluding carboxylic acids is 2. The van der Waals surface area contributed by atoms with E-state index in [2.05, 4.69) is 5.73 Å². The van der Waals surface area contributed by atoms with Crippen molar-refractivity contribution in [1.82, 2.24) is 4.90 Å². The Morgan fingerprint density at radius 3 is 2.38 bits per heavy atom. The molecule has 0 aliphatic carbocycles. The number of hydrogen-bond donors (Lipinski definition) is 1. The smallest absolute Gasteiger partial charge is 0.334 e. The zero-order valence-electron chi connectivity index (χ0n) is 3.87. The maximum atomic E-state index is 9.86. The van der Waals surface area contributed by atoms with Crippen molar-refractivity contribution in [3.05, 3.63) is 0 Å². The lowest BCUT2D eigenvalue weighted by Gasteiger charge is -1.95. The molecule has 8 heavy (non-hydrogen) atoms. The minimum absolute atomic E-state index is 0.0440. The third-order valence-corrected chi connectivity index (χ3v) is 0.451. The van der Waals surface area contributed by atoms with Crippen LogP contribution in [0.3, 0.4) is 0 Å². The van der Waals surface area contributed by atoms with Crippen LogP contribution in [0.25, 0.3) is 0 Å². The Morgan fingerprint density at radius 1 is 1.88 bits per heavy atom. The zero-order chi connectivity index (χ0) is 6.57. The van der Waals surface area contributed by atoms with E-state index in [4.69, 9.17) is 5.26 Å². The normalized spacial score (nSPS) is 6.88. The fourth-order valence-corrected chi connectivity index (χ4v) is 0.125. The monoisotopic (exact) mass is 113 g/mol. The Balaban J connectivity index is 3.95. The number of nitriles is 1. The first-order valence-electron chi connectivity index (χ1n) is 1.66. The summed E-state index contributed by atoms with van der Waals surface area (Å²) >= 11 is 0. The number of rotatable bonds is 1. The summed E-state index contributed by atoms with van der Waals surface area (Å²) in [4.78, 5) is 19.6. The Labute approximate surface area is 45.3 Å². The maximum Gasteiger partial charge on any atom is 0.334 e. The van der Waals surface area contributed by atoms with E-state index in [0.717, 1.165) is 0 Å². The molecule has 42 valence electrons. The molecule has 0 rings (SSSR count). The standard InChI is InChI=1S/C3H3N3O2/c4-1-6(2-7)3(5)8/h2H,(H2,5,8). The van der Waals surface area contributed by atoms with Crippen LogP contribution in [-0.4, -0.2) is 17.3 Å². The quantitative estimate of drug-likeness (QED) is 0.269. The van der Waals surface area contributed by atoms with Gasteiger partial charge in [-0.25, -0.2) is 4.79 Å². The van der Waals surface area contributed by atoms with E-state index in [0.29, 0.717) is 0 Å². The van der Waals surface area contributed by atoms with Crippen LogP contribution in [0, 0.1) is 11.5 Å². The van der Waals surface area contributed by atoms with Gasteiger partial charge in [-0.2, -0.15) is 10.2 Å². The Hall–Kier alpha value is -1.57. The fourth-order valence-electron chi connectivity index (χ4n) is 0.125. The number of imide groups is 1. The lowest BCUT2D eigenvalue weighted by Crippen LogP contribution is -2.29. The van der Waals surface area contributed by atoms with Crippen LogP contribution in [0.5, 0.6) is 0 Å². The molecule has 0 aromatic heterocycles. The number of carbonyl (C=O) groups is 2. The van der Waals surface area contributed by atoms with Gasteiger partial charge in [0, 0.05) is 0 Å². The van der Waals surface area contributed by atoms with Gasteiger partial charge in [0.15, 0.2) is 6.19 Å². The Kier molecular flexibility index (Phi) is 2.07. The van der Waals surface area contributed by atoms with Gasteiger partial charge in [0.25, 0.3) is 0 Å². The second-order valence-corrected chi connectivity index (χ2v) is 0.914. The molecule has 0 radical (unpaired) electrons. The largest absolute Gasteiger partial charge is 0.350 e. The molecule has 0 spiro atoms. The van der Waals surface area contributed by atoms with E-state index in [1.54, 1.807) is 0 Å². The van der Waals surface area contributed by atoms with E-state index in [1.807, 2.05) is 0 Å². The summed E-state index contributed by atoms with van der Waals surface area (Å²) < 4.78 is 0.